The molecule has 1 aromatic rings. The van der Waals surface area contributed by atoms with Crippen molar-refractivity contribution in [3.8, 4) is 0 Å². The van der Waals surface area contributed by atoms with Crippen molar-refractivity contribution >= 4 is 5.97 Å². The number of hydrogen-bond donors (Lipinski definition) is 1. The number of aryl methyl sites for hydroxylation is 1. The summed E-state index contributed by atoms with van der Waals surface area (Å²) in [5, 5.41) is 3.24. The van der Waals surface area contributed by atoms with E-state index in [0.29, 0.717) is 13.2 Å². The fraction of sp³-hybridized carbons (Fsp3) is 0.571. The smallest absolute Gasteiger partial charge is 0.324 e. The lowest BCUT2D eigenvalue weighted by Gasteiger charge is -2.34. The first-order valence-electron chi connectivity index (χ1n) is 6.72. The fourth-order valence-corrected chi connectivity index (χ4v) is 2.35. The van der Waals surface area contributed by atoms with Gasteiger partial charge < -0.3 is 10.1 Å². The van der Waals surface area contributed by atoms with Crippen LogP contribution < -0.4 is 5.32 Å². The average molecular weight is 263 g/mol. The summed E-state index contributed by atoms with van der Waals surface area (Å²) in [4.78, 5) is 18.3. The van der Waals surface area contributed by atoms with Crippen LogP contribution in [0.15, 0.2) is 18.5 Å². The molecule has 1 aliphatic rings. The van der Waals surface area contributed by atoms with Crippen LogP contribution >= 0.6 is 0 Å². The maximum Gasteiger partial charge on any atom is 0.324 e. The van der Waals surface area contributed by atoms with E-state index in [2.05, 4.69) is 21.3 Å². The zero-order valence-electron chi connectivity index (χ0n) is 11.6. The van der Waals surface area contributed by atoms with E-state index in [0.717, 1.165) is 30.8 Å². The van der Waals surface area contributed by atoms with Gasteiger partial charge in [-0.05, 0) is 25.0 Å². The van der Waals surface area contributed by atoms with Gasteiger partial charge in [0.05, 0.1) is 6.61 Å². The van der Waals surface area contributed by atoms with Crippen molar-refractivity contribution in [1.29, 1.82) is 0 Å². The topological polar surface area (TPSA) is 54.5 Å². The Morgan fingerprint density at radius 1 is 1.58 bits per heavy atom. The molecule has 1 atom stereocenters. The van der Waals surface area contributed by atoms with Crippen molar-refractivity contribution in [2.45, 2.75) is 26.4 Å². The van der Waals surface area contributed by atoms with Crippen LogP contribution in [0.3, 0.4) is 0 Å². The predicted octanol–water partition coefficient (Wildman–Crippen LogP) is 0.727. The van der Waals surface area contributed by atoms with E-state index in [1.807, 2.05) is 26.2 Å². The molecule has 1 N–H and O–H groups in total. The number of pyridine rings is 1. The van der Waals surface area contributed by atoms with E-state index in [1.54, 1.807) is 0 Å². The monoisotopic (exact) mass is 263 g/mol. The molecule has 1 unspecified atom stereocenters. The molecule has 2 rings (SSSR count). The lowest BCUT2D eigenvalue weighted by Crippen LogP contribution is -2.54. The summed E-state index contributed by atoms with van der Waals surface area (Å²) in [6.07, 6.45) is 3.70. The van der Waals surface area contributed by atoms with Gasteiger partial charge in [0.2, 0.25) is 0 Å². The summed E-state index contributed by atoms with van der Waals surface area (Å²) in [5.41, 5.74) is 2.27. The van der Waals surface area contributed by atoms with Crippen LogP contribution in [-0.2, 0) is 16.1 Å². The summed E-state index contributed by atoms with van der Waals surface area (Å²) in [6, 6.07) is 1.91. The van der Waals surface area contributed by atoms with Gasteiger partial charge >= 0.3 is 5.97 Å². The van der Waals surface area contributed by atoms with Crippen molar-refractivity contribution in [3.05, 3.63) is 29.6 Å². The second-order valence-corrected chi connectivity index (χ2v) is 4.81. The number of piperazine rings is 1. The minimum absolute atomic E-state index is 0.143. The highest BCUT2D eigenvalue weighted by atomic mass is 16.5. The molecule has 0 spiro atoms. The molecule has 5 nitrogen and oxygen atoms in total. The third-order valence-electron chi connectivity index (χ3n) is 3.23. The molecule has 0 amide bonds. The standard InChI is InChI=1S/C14H21N3O2/c1-3-19-14(18)13-9-15-4-5-17(13)10-12-6-11(2)7-16-8-12/h6-8,13,15H,3-5,9-10H2,1-2H3. The lowest BCUT2D eigenvalue weighted by atomic mass is 10.1. The summed E-state index contributed by atoms with van der Waals surface area (Å²) in [6.45, 7) is 7.42. The fourth-order valence-electron chi connectivity index (χ4n) is 2.35. The number of ether oxygens (including phenoxy) is 1. The van der Waals surface area contributed by atoms with Crippen molar-refractivity contribution in [2.75, 3.05) is 26.2 Å². The Morgan fingerprint density at radius 2 is 2.42 bits per heavy atom. The molecule has 1 aromatic heterocycles. The molecular weight excluding hydrogens is 242 g/mol. The molecule has 104 valence electrons. The Labute approximate surface area is 114 Å². The molecule has 5 heteroatoms. The molecular formula is C14H21N3O2. The summed E-state index contributed by atoms with van der Waals surface area (Å²) >= 11 is 0. The van der Waals surface area contributed by atoms with Crippen LogP contribution in [0.2, 0.25) is 0 Å². The summed E-state index contributed by atoms with van der Waals surface area (Å²) in [7, 11) is 0. The van der Waals surface area contributed by atoms with Gasteiger partial charge in [0.1, 0.15) is 6.04 Å². The first kappa shape index (κ1) is 14.0. The Balaban J connectivity index is 2.05. The van der Waals surface area contributed by atoms with Crippen molar-refractivity contribution in [1.82, 2.24) is 15.2 Å². The molecule has 0 aliphatic carbocycles. The summed E-state index contributed by atoms with van der Waals surface area (Å²) < 4.78 is 5.14. The largest absolute Gasteiger partial charge is 0.465 e. The minimum Gasteiger partial charge on any atom is -0.465 e. The first-order chi connectivity index (χ1) is 9.20. The molecule has 1 saturated heterocycles. The van der Waals surface area contributed by atoms with Gasteiger partial charge in [-0.2, -0.15) is 0 Å². The lowest BCUT2D eigenvalue weighted by molar-refractivity contribution is -0.150. The Kier molecular flexibility index (Phi) is 4.87. The van der Waals surface area contributed by atoms with Crippen LogP contribution in [0.25, 0.3) is 0 Å². The van der Waals surface area contributed by atoms with Gasteiger partial charge in [0.15, 0.2) is 0 Å². The van der Waals surface area contributed by atoms with Crippen LogP contribution in [0.1, 0.15) is 18.1 Å². The number of nitrogens with one attached hydrogen (secondary N) is 1. The number of nitrogens with zero attached hydrogens (tertiary/aromatic N) is 2. The number of carbonyl (C=O) groups excluding carboxylic acids is 1. The average Bonchev–Trinajstić information content (AvgIpc) is 2.39. The Hall–Kier alpha value is -1.46. The highest BCUT2D eigenvalue weighted by Gasteiger charge is 2.29. The molecule has 1 fully saturated rings. The highest BCUT2D eigenvalue weighted by Crippen LogP contribution is 2.12. The Morgan fingerprint density at radius 3 is 3.16 bits per heavy atom. The molecule has 0 aromatic carbocycles. The van der Waals surface area contributed by atoms with Gasteiger partial charge in [-0.3, -0.25) is 14.7 Å². The molecule has 2 heterocycles. The van der Waals surface area contributed by atoms with Gasteiger partial charge in [-0.25, -0.2) is 0 Å². The number of rotatable bonds is 4. The SMILES string of the molecule is CCOC(=O)C1CNCCN1Cc1cncc(C)c1. The van der Waals surface area contributed by atoms with Gasteiger partial charge in [0, 0.05) is 38.6 Å². The number of carbonyl (C=O) groups is 1. The van der Waals surface area contributed by atoms with Crippen molar-refractivity contribution in [3.63, 3.8) is 0 Å². The first-order valence-corrected chi connectivity index (χ1v) is 6.72. The zero-order valence-corrected chi connectivity index (χ0v) is 11.6. The number of esters is 1. The van der Waals surface area contributed by atoms with E-state index < -0.39 is 0 Å². The van der Waals surface area contributed by atoms with Crippen LogP contribution in [0.5, 0.6) is 0 Å². The zero-order chi connectivity index (χ0) is 13.7. The van der Waals surface area contributed by atoms with E-state index in [4.69, 9.17) is 4.74 Å². The second kappa shape index (κ2) is 6.63. The number of aromatic nitrogens is 1. The van der Waals surface area contributed by atoms with Gasteiger partial charge in [0.25, 0.3) is 0 Å². The molecule has 1 aliphatic heterocycles. The number of hydrogen-bond acceptors (Lipinski definition) is 5. The molecule has 0 saturated carbocycles. The summed E-state index contributed by atoms with van der Waals surface area (Å²) in [5.74, 6) is -0.143. The minimum atomic E-state index is -0.200. The Bertz CT molecular complexity index is 436. The van der Waals surface area contributed by atoms with Crippen LogP contribution in [-0.4, -0.2) is 48.1 Å². The maximum atomic E-state index is 11.9. The highest BCUT2D eigenvalue weighted by molar-refractivity contribution is 5.76. The van der Waals surface area contributed by atoms with Gasteiger partial charge in [-0.1, -0.05) is 6.07 Å². The van der Waals surface area contributed by atoms with Gasteiger partial charge in [-0.15, -0.1) is 0 Å². The van der Waals surface area contributed by atoms with E-state index in [9.17, 15) is 4.79 Å². The van der Waals surface area contributed by atoms with Crippen LogP contribution in [0.4, 0.5) is 0 Å². The third kappa shape index (κ3) is 3.75. The normalized spacial score (nSPS) is 20.2. The molecule has 19 heavy (non-hydrogen) atoms. The maximum absolute atomic E-state index is 11.9. The van der Waals surface area contributed by atoms with Crippen molar-refractivity contribution < 1.29 is 9.53 Å². The van der Waals surface area contributed by atoms with Crippen molar-refractivity contribution in [2.24, 2.45) is 0 Å². The van der Waals surface area contributed by atoms with E-state index in [1.165, 1.54) is 0 Å². The van der Waals surface area contributed by atoms with Crippen LogP contribution in [0, 0.1) is 6.92 Å². The predicted molar refractivity (Wildman–Crippen MR) is 72.7 cm³/mol. The molecule has 0 bridgehead atoms. The third-order valence-corrected chi connectivity index (χ3v) is 3.23. The van der Waals surface area contributed by atoms with E-state index in [-0.39, 0.29) is 12.0 Å². The quantitative estimate of drug-likeness (QED) is 0.812. The molecule has 0 radical (unpaired) electrons. The second-order valence-electron chi connectivity index (χ2n) is 4.81. The van der Waals surface area contributed by atoms with E-state index >= 15 is 0 Å².